The lowest BCUT2D eigenvalue weighted by atomic mass is 10.0. The second kappa shape index (κ2) is 8.97. The number of anilines is 1. The van der Waals surface area contributed by atoms with Crippen LogP contribution in [0.25, 0.3) is 0 Å². The first-order valence-electron chi connectivity index (χ1n) is 9.54. The molecule has 14 heteroatoms. The van der Waals surface area contributed by atoms with Crippen LogP contribution in [0.15, 0.2) is 43.1 Å². The van der Waals surface area contributed by atoms with E-state index in [9.17, 15) is 39.2 Å². The second-order valence-electron chi connectivity index (χ2n) is 7.50. The van der Waals surface area contributed by atoms with Crippen LogP contribution in [0.5, 0.6) is 0 Å². The van der Waals surface area contributed by atoms with Gasteiger partial charge in [-0.2, -0.15) is 30.6 Å². The van der Waals surface area contributed by atoms with E-state index in [2.05, 4.69) is 16.5 Å². The van der Waals surface area contributed by atoms with E-state index in [1.54, 1.807) is 0 Å². The summed E-state index contributed by atoms with van der Waals surface area (Å²) >= 11 is 0. The van der Waals surface area contributed by atoms with Crippen LogP contribution >= 0.6 is 0 Å². The van der Waals surface area contributed by atoms with Gasteiger partial charge in [0.25, 0.3) is 0 Å². The number of halogens is 7. The van der Waals surface area contributed by atoms with Crippen molar-refractivity contribution in [1.82, 2.24) is 14.3 Å². The summed E-state index contributed by atoms with van der Waals surface area (Å²) in [6, 6.07) is 1.47. The molecule has 182 valence electrons. The Morgan fingerprint density at radius 2 is 1.91 bits per heavy atom. The Labute approximate surface area is 184 Å². The van der Waals surface area contributed by atoms with Crippen LogP contribution in [0.3, 0.4) is 0 Å². The molecule has 6 nitrogen and oxygen atoms in total. The lowest BCUT2D eigenvalue weighted by molar-refractivity contribution is -0.137. The van der Waals surface area contributed by atoms with Gasteiger partial charge in [-0.3, -0.25) is 0 Å². The van der Waals surface area contributed by atoms with E-state index in [4.69, 9.17) is 0 Å². The summed E-state index contributed by atoms with van der Waals surface area (Å²) in [5, 5.41) is 0. The van der Waals surface area contributed by atoms with Crippen molar-refractivity contribution in [3.63, 3.8) is 0 Å². The molecule has 3 rings (SSSR count). The van der Waals surface area contributed by atoms with Crippen LogP contribution in [-0.4, -0.2) is 40.8 Å². The minimum atomic E-state index is -5.88. The molecule has 2 heterocycles. The zero-order valence-electron chi connectivity index (χ0n) is 16.9. The highest BCUT2D eigenvalue weighted by Crippen LogP contribution is 2.39. The molecule has 0 radical (unpaired) electrons. The molecule has 0 spiro atoms. The van der Waals surface area contributed by atoms with Crippen molar-refractivity contribution in [2.75, 3.05) is 11.4 Å². The Morgan fingerprint density at radius 3 is 2.45 bits per heavy atom. The highest BCUT2D eigenvalue weighted by Gasteiger charge is 2.51. The van der Waals surface area contributed by atoms with Gasteiger partial charge in [0.1, 0.15) is 0 Å². The smallest absolute Gasteiger partial charge is 0.361 e. The number of imidazole rings is 1. The van der Waals surface area contributed by atoms with E-state index in [1.165, 1.54) is 17.4 Å². The first kappa shape index (κ1) is 25.0. The molecule has 0 amide bonds. The number of nitrogens with zero attached hydrogens (tertiary/aromatic N) is 3. The third kappa shape index (κ3) is 5.49. The van der Waals surface area contributed by atoms with Crippen molar-refractivity contribution in [1.29, 1.82) is 0 Å². The Hall–Kier alpha value is -2.61. The van der Waals surface area contributed by atoms with Gasteiger partial charge >= 0.3 is 21.7 Å². The number of benzene rings is 1. The Morgan fingerprint density at radius 1 is 1.21 bits per heavy atom. The van der Waals surface area contributed by atoms with Crippen molar-refractivity contribution >= 4 is 15.7 Å². The maximum atomic E-state index is 13.4. The Balaban J connectivity index is 2.16. The molecule has 1 aromatic carbocycles. The van der Waals surface area contributed by atoms with Gasteiger partial charge in [0.2, 0.25) is 0 Å². The summed E-state index contributed by atoms with van der Waals surface area (Å²) in [7, 11) is -5.88. The lowest BCUT2D eigenvalue weighted by Crippen LogP contribution is -2.46. The average molecular weight is 500 g/mol. The highest BCUT2D eigenvalue weighted by molar-refractivity contribution is 7.89. The van der Waals surface area contributed by atoms with Crippen LogP contribution in [0.4, 0.5) is 36.4 Å². The number of sulfonamides is 1. The maximum Gasteiger partial charge on any atom is 0.511 e. The zero-order chi connectivity index (χ0) is 24.6. The number of fused-ring (bicyclic) bond motifs is 1. The van der Waals surface area contributed by atoms with Gasteiger partial charge in [-0.1, -0.05) is 6.58 Å². The molecule has 33 heavy (non-hydrogen) atoms. The fourth-order valence-corrected chi connectivity index (χ4v) is 4.59. The van der Waals surface area contributed by atoms with Crippen LogP contribution in [0.2, 0.25) is 0 Å². The molecule has 0 saturated heterocycles. The van der Waals surface area contributed by atoms with E-state index in [0.29, 0.717) is 11.8 Å². The fourth-order valence-electron chi connectivity index (χ4n) is 3.62. The molecule has 1 aliphatic rings. The van der Waals surface area contributed by atoms with E-state index in [0.717, 1.165) is 12.1 Å². The molecule has 0 aliphatic carbocycles. The number of alkyl halides is 6. The van der Waals surface area contributed by atoms with E-state index in [1.807, 2.05) is 0 Å². The van der Waals surface area contributed by atoms with E-state index in [-0.39, 0.29) is 34.9 Å². The topological polar surface area (TPSA) is 69.3 Å². The number of nitrogens with one attached hydrogen (secondary N) is 1. The molecule has 0 bridgehead atoms. The Bertz CT molecular complexity index is 1100. The molecular weight excluding hydrogens is 481 g/mol. The highest BCUT2D eigenvalue weighted by atomic mass is 32.2. The summed E-state index contributed by atoms with van der Waals surface area (Å²) in [6.45, 7) is 1.42. The molecule has 2 aromatic rings. The second-order valence-corrected chi connectivity index (χ2v) is 9.43. The van der Waals surface area contributed by atoms with E-state index < -0.39 is 52.2 Å². The monoisotopic (exact) mass is 500 g/mol. The van der Waals surface area contributed by atoms with Gasteiger partial charge in [-0.25, -0.2) is 17.8 Å². The van der Waals surface area contributed by atoms with Crippen molar-refractivity contribution in [2.24, 2.45) is 0 Å². The first-order valence-corrected chi connectivity index (χ1v) is 11.0. The number of rotatable bonds is 6. The predicted molar refractivity (Wildman–Crippen MR) is 105 cm³/mol. The molecule has 1 N–H and O–H groups in total. The summed E-state index contributed by atoms with van der Waals surface area (Å²) in [5.41, 5.74) is -6.49. The predicted octanol–water partition coefficient (Wildman–Crippen LogP) is 4.73. The van der Waals surface area contributed by atoms with Crippen LogP contribution in [0.1, 0.15) is 29.7 Å². The normalized spacial score (nSPS) is 18.2. The number of allylic oxidation sites excluding steroid dienone is 1. The summed E-state index contributed by atoms with van der Waals surface area (Å²) in [4.78, 5) is 8.08. The van der Waals surface area contributed by atoms with Gasteiger partial charge in [0.15, 0.2) is 0 Å². The van der Waals surface area contributed by atoms with Crippen LogP contribution in [-0.2, 0) is 29.3 Å². The summed E-state index contributed by atoms with van der Waals surface area (Å²) in [6.07, 6.45) is -2.47. The molecule has 0 fully saturated rings. The van der Waals surface area contributed by atoms with Crippen molar-refractivity contribution in [3.8, 4) is 0 Å². The quantitative estimate of drug-likeness (QED) is 0.583. The Kier molecular flexibility index (Phi) is 6.80. The average Bonchev–Trinajstić information content (AvgIpc) is 3.14. The molecule has 1 aliphatic heterocycles. The third-order valence-electron chi connectivity index (χ3n) is 5.19. The fraction of sp³-hybridized carbons (Fsp3) is 0.421. The molecule has 1 atom stereocenters. The molecule has 1 aromatic heterocycles. The van der Waals surface area contributed by atoms with Crippen LogP contribution < -0.4 is 4.90 Å². The van der Waals surface area contributed by atoms with Gasteiger partial charge < -0.3 is 9.88 Å². The largest absolute Gasteiger partial charge is 0.511 e. The molecule has 1 unspecified atom stereocenters. The van der Waals surface area contributed by atoms with Gasteiger partial charge in [0, 0.05) is 37.4 Å². The number of hydrogen-bond donors (Lipinski definition) is 1. The van der Waals surface area contributed by atoms with Crippen molar-refractivity contribution in [2.45, 2.75) is 43.7 Å². The minimum Gasteiger partial charge on any atom is -0.361 e. The van der Waals surface area contributed by atoms with Gasteiger partial charge in [0.05, 0.1) is 30.0 Å². The summed E-state index contributed by atoms with van der Waals surface area (Å²) in [5.74, 6) is -0.765. The SMILES string of the molecule is C=C(F)CCC1CN(S(=O)(=O)C(F)(F)F)Cc2cc(C(F)(F)F)ccc2N1Cc1cnc[nH]1. The maximum absolute atomic E-state index is 13.4. The van der Waals surface area contributed by atoms with Gasteiger partial charge in [-0.05, 0) is 30.2 Å². The van der Waals surface area contributed by atoms with Crippen molar-refractivity contribution in [3.05, 3.63) is 59.9 Å². The lowest BCUT2D eigenvalue weighted by Gasteiger charge is -2.34. The third-order valence-corrected chi connectivity index (χ3v) is 6.74. The molecular formula is C19H19F7N4O2S. The number of aromatic nitrogens is 2. The van der Waals surface area contributed by atoms with Gasteiger partial charge in [-0.15, -0.1) is 0 Å². The molecule has 0 saturated carbocycles. The number of hydrogen-bond acceptors (Lipinski definition) is 4. The van der Waals surface area contributed by atoms with Crippen LogP contribution in [0, 0.1) is 0 Å². The summed E-state index contributed by atoms with van der Waals surface area (Å²) < 4.78 is 118. The first-order chi connectivity index (χ1) is 15.2. The minimum absolute atomic E-state index is 0.0400. The number of aromatic amines is 1. The standard InChI is InChI=1S/C19H19F7N4O2S/c1-12(20)2-4-16-10-29(33(31,32)19(24,25)26)8-13-6-14(18(21,22)23)3-5-17(13)30(16)9-15-7-27-11-28-15/h3,5-7,11,16H,1-2,4,8-10H2,(H,27,28). The zero-order valence-corrected chi connectivity index (χ0v) is 17.7. The number of H-pyrrole nitrogens is 1. The van der Waals surface area contributed by atoms with E-state index >= 15 is 0 Å². The van der Waals surface area contributed by atoms with Crippen molar-refractivity contribution < 1.29 is 39.2 Å².